The quantitative estimate of drug-likeness (QED) is 0.128. The molecule has 0 N–H and O–H groups in total. The van der Waals surface area contributed by atoms with Crippen LogP contribution in [0.1, 0.15) is 0 Å². The normalized spacial score (nSPS) is 11.9. The maximum absolute atomic E-state index is 6.82. The highest BCUT2D eigenvalue weighted by Gasteiger charge is 2.25. The molecule has 0 bridgehead atoms. The van der Waals surface area contributed by atoms with Crippen LogP contribution in [-0.2, 0) is 0 Å². The smallest absolute Gasteiger partial charge is 0.143 e. The number of para-hydroxylation sites is 7. The van der Waals surface area contributed by atoms with Crippen LogP contribution < -0.4 is 0 Å². The average Bonchev–Trinajstić information content (AvgIpc) is 1.59. The van der Waals surface area contributed by atoms with Gasteiger partial charge in [-0.25, -0.2) is 0 Å². The fourth-order valence-electron chi connectivity index (χ4n) is 22.9. The summed E-state index contributed by atoms with van der Waals surface area (Å²) in [6, 6.07) is 173. The Balaban J connectivity index is 0.000000102. The van der Waals surface area contributed by atoms with Gasteiger partial charge in [-0.3, -0.25) is 0 Å². The van der Waals surface area contributed by atoms with Gasteiger partial charge in [0.1, 0.15) is 67.0 Å². The molecule has 9 aromatic heterocycles. The van der Waals surface area contributed by atoms with Crippen molar-refractivity contribution < 1.29 is 26.5 Å². The molecule has 9 heteroatoms. The van der Waals surface area contributed by atoms with Gasteiger partial charge in [-0.15, -0.1) is 34.0 Å². The Kier molecular flexibility index (Phi) is 19.6. The first kappa shape index (κ1) is 84.2. The maximum Gasteiger partial charge on any atom is 0.143 e. The van der Waals surface area contributed by atoms with Crippen molar-refractivity contribution in [1.82, 2.24) is 0 Å². The molecule has 0 unspecified atom stereocenters. The van der Waals surface area contributed by atoms with Crippen molar-refractivity contribution in [2.45, 2.75) is 0 Å². The van der Waals surface area contributed by atoms with Crippen molar-refractivity contribution in [1.29, 1.82) is 0 Å². The lowest BCUT2D eigenvalue weighted by Crippen LogP contribution is -1.82. The molecule has 686 valence electrons. The average molecular weight is 1930 g/mol. The van der Waals surface area contributed by atoms with Crippen LogP contribution in [-0.4, -0.2) is 0 Å². The van der Waals surface area contributed by atoms with Crippen LogP contribution in [0.4, 0.5) is 0 Å². The van der Waals surface area contributed by atoms with Crippen LogP contribution in [0, 0.1) is 0 Å². The minimum Gasteiger partial charge on any atom is -0.456 e. The predicted molar refractivity (Wildman–Crippen MR) is 621 cm³/mol. The molecule has 0 saturated carbocycles. The molecule has 0 saturated heterocycles. The largest absolute Gasteiger partial charge is 0.456 e. The van der Waals surface area contributed by atoms with Gasteiger partial charge in [0.25, 0.3) is 0 Å². The van der Waals surface area contributed by atoms with E-state index in [0.717, 1.165) is 198 Å². The third-order valence-electron chi connectivity index (χ3n) is 29.8. The lowest BCUT2D eigenvalue weighted by Gasteiger charge is -2.08. The van der Waals surface area contributed by atoms with E-state index in [4.69, 9.17) is 26.5 Å². The van der Waals surface area contributed by atoms with E-state index in [1.165, 1.54) is 116 Å². The number of thiophene rings is 3. The van der Waals surface area contributed by atoms with E-state index in [1.54, 1.807) is 0 Å². The summed E-state index contributed by atoms with van der Waals surface area (Å²) in [6.07, 6.45) is 0. The summed E-state index contributed by atoms with van der Waals surface area (Å²) in [7, 11) is 0. The van der Waals surface area contributed by atoms with E-state index in [-0.39, 0.29) is 0 Å². The van der Waals surface area contributed by atoms with Gasteiger partial charge in [0.2, 0.25) is 0 Å². The molecule has 0 amide bonds. The van der Waals surface area contributed by atoms with Crippen molar-refractivity contribution in [2.24, 2.45) is 0 Å². The minimum absolute atomic E-state index is 0.875. The van der Waals surface area contributed by atoms with Crippen LogP contribution in [0.2, 0.25) is 0 Å². The van der Waals surface area contributed by atoms with Crippen LogP contribution in [0.25, 0.3) is 315 Å². The first-order chi connectivity index (χ1) is 72.8. The molecular weight excluding hydrogens is 1850 g/mol. The van der Waals surface area contributed by atoms with E-state index in [1.807, 2.05) is 88.6 Å². The lowest BCUT2D eigenvalue weighted by atomic mass is 9.95. The molecule has 0 aliphatic rings. The number of fused-ring (bicyclic) bond motifs is 27. The fourth-order valence-corrected chi connectivity index (χ4v) is 26.5. The van der Waals surface area contributed by atoms with Gasteiger partial charge in [-0.05, 0) is 191 Å². The summed E-state index contributed by atoms with van der Waals surface area (Å²) in [4.78, 5) is 0. The van der Waals surface area contributed by atoms with Gasteiger partial charge in [0, 0.05) is 147 Å². The zero-order chi connectivity index (χ0) is 96.4. The topological polar surface area (TPSA) is 78.8 Å². The molecule has 32 rings (SSSR count). The number of hydrogen-bond donors (Lipinski definition) is 0. The van der Waals surface area contributed by atoms with Crippen molar-refractivity contribution in [3.63, 3.8) is 0 Å². The summed E-state index contributed by atoms with van der Waals surface area (Å²) in [5.41, 5.74) is 36.6. The summed E-state index contributed by atoms with van der Waals surface area (Å²) in [5.74, 6) is 0. The SMILES string of the molecule is c1ccc(-c2ccc3oc4ccc(-c5cccc6c5oc5c(-c7ccc8oc9ccccc9c8c7)cccc56)cc4c3c2)cc1.c1ccc2c(c1)oc1cccc(-c3ccc(-c4cccc5c4oc4c(-c6ccc(-c7cccc8oc9ccccc9c78)cc6)cccc45)cc3)c12.c1ccc2c(c1)sc1cccc(-c3ccc(-c4cccc5c4sc4c(-c6ccc(-c7cccc8sc9ccccc9c78)cc6)cccc45)cc3)c12. The molecule has 147 heavy (non-hydrogen) atoms. The predicted octanol–water partition coefficient (Wildman–Crippen LogP) is 41.9. The Morgan fingerprint density at radius 1 is 0.116 bits per heavy atom. The summed E-state index contributed by atoms with van der Waals surface area (Å²) >= 11 is 5.67. The van der Waals surface area contributed by atoms with Crippen LogP contribution in [0.15, 0.2) is 512 Å². The second-order valence-corrected chi connectivity index (χ2v) is 41.2. The molecule has 6 nitrogen and oxygen atoms in total. The van der Waals surface area contributed by atoms with E-state index >= 15 is 0 Å². The number of hydrogen-bond acceptors (Lipinski definition) is 9. The highest BCUT2D eigenvalue weighted by molar-refractivity contribution is 7.27. The van der Waals surface area contributed by atoms with E-state index in [2.05, 4.69) is 431 Å². The maximum atomic E-state index is 6.82. The molecule has 0 aliphatic heterocycles. The number of furan rings is 6. The third-order valence-corrected chi connectivity index (χ3v) is 33.3. The molecule has 23 aromatic carbocycles. The van der Waals surface area contributed by atoms with Gasteiger partial charge in [0.15, 0.2) is 0 Å². The summed E-state index contributed by atoms with van der Waals surface area (Å²) < 4.78 is 46.3. The Bertz CT molecular complexity index is 10100. The molecule has 0 spiro atoms. The van der Waals surface area contributed by atoms with Crippen molar-refractivity contribution >= 4 is 226 Å². The van der Waals surface area contributed by atoms with E-state index < -0.39 is 0 Å². The minimum atomic E-state index is 0.875. The molecular formula is C138H80O6S3. The van der Waals surface area contributed by atoms with Crippen LogP contribution in [0.5, 0.6) is 0 Å². The second-order valence-electron chi connectivity index (χ2n) is 38.0. The standard InChI is InChI=1S/C48H28O3.C48H28S3.C42H24O3/c2*1-3-17-41-39(9-1)45-33(11-7-19-43(45)49-41)29-21-25-31(26-22-29)35-13-5-15-37-38-16-6-14-36(48(38)51-47(35)37)32-27-23-30(24-28-32)34-12-8-20-44-46(34)40-10-2-4-18-42(40)50-44;1-2-8-25(9-3-1)26-16-19-39-35(22-26)36-24-28(18-21-40(36)44-39)30-12-7-14-33-32-13-6-11-29(41(32)45-42(30)33)27-17-20-38-34(23-27)31-10-4-5-15-37(31)43-38/h2*1-28H;1-24H. The van der Waals surface area contributed by atoms with Gasteiger partial charge >= 0.3 is 0 Å². The molecule has 0 fully saturated rings. The van der Waals surface area contributed by atoms with Gasteiger partial charge in [-0.2, -0.15) is 0 Å². The Labute approximate surface area is 853 Å². The monoisotopic (exact) mass is 1930 g/mol. The van der Waals surface area contributed by atoms with Crippen LogP contribution in [0.3, 0.4) is 0 Å². The van der Waals surface area contributed by atoms with Crippen molar-refractivity contribution in [3.8, 4) is 122 Å². The first-order valence-electron chi connectivity index (χ1n) is 49.7. The van der Waals surface area contributed by atoms with Crippen LogP contribution >= 0.6 is 34.0 Å². The molecule has 9 heterocycles. The first-order valence-corrected chi connectivity index (χ1v) is 52.1. The summed E-state index contributed by atoms with van der Waals surface area (Å²) in [5, 5.41) is 21.4. The molecule has 0 atom stereocenters. The second kappa shape index (κ2) is 34.1. The Morgan fingerprint density at radius 2 is 0.361 bits per heavy atom. The van der Waals surface area contributed by atoms with Gasteiger partial charge < -0.3 is 26.5 Å². The summed E-state index contributed by atoms with van der Waals surface area (Å²) in [6.45, 7) is 0. The van der Waals surface area contributed by atoms with E-state index in [9.17, 15) is 0 Å². The number of benzene rings is 23. The third kappa shape index (κ3) is 13.9. The lowest BCUT2D eigenvalue weighted by molar-refractivity contribution is 0.668. The molecule has 0 aliphatic carbocycles. The van der Waals surface area contributed by atoms with Crippen molar-refractivity contribution in [3.05, 3.63) is 485 Å². The van der Waals surface area contributed by atoms with Gasteiger partial charge in [0.05, 0.1) is 0 Å². The molecule has 0 radical (unpaired) electrons. The Hall–Kier alpha value is -18.5. The van der Waals surface area contributed by atoms with E-state index in [0.29, 0.717) is 0 Å². The number of rotatable bonds is 11. The zero-order valence-electron chi connectivity index (χ0n) is 78.9. The highest BCUT2D eigenvalue weighted by Crippen LogP contribution is 2.52. The Morgan fingerprint density at radius 3 is 0.769 bits per heavy atom. The zero-order valence-corrected chi connectivity index (χ0v) is 81.3. The highest BCUT2D eigenvalue weighted by atomic mass is 32.1. The fraction of sp³-hybridized carbons (Fsp3) is 0. The van der Waals surface area contributed by atoms with Crippen molar-refractivity contribution in [2.75, 3.05) is 0 Å². The molecule has 32 aromatic rings. The van der Waals surface area contributed by atoms with Gasteiger partial charge in [-0.1, -0.05) is 394 Å².